The first-order valence-electron chi connectivity index (χ1n) is 9.57. The van der Waals surface area contributed by atoms with Gasteiger partial charge in [0, 0.05) is 25.2 Å². The van der Waals surface area contributed by atoms with Gasteiger partial charge in [-0.3, -0.25) is 9.89 Å². The molecule has 5 nitrogen and oxygen atoms in total. The van der Waals surface area contributed by atoms with Gasteiger partial charge in [0.05, 0.1) is 12.1 Å². The van der Waals surface area contributed by atoms with Crippen LogP contribution in [-0.4, -0.2) is 35.2 Å². The predicted molar refractivity (Wildman–Crippen MR) is 108 cm³/mol. The maximum Gasteiger partial charge on any atom is 0.224 e. The second-order valence-corrected chi connectivity index (χ2v) is 7.16. The van der Waals surface area contributed by atoms with Crippen molar-refractivity contribution in [2.24, 2.45) is 0 Å². The fraction of sp³-hybridized carbons (Fsp3) is 0.273. The Morgan fingerprint density at radius 3 is 2.75 bits per heavy atom. The number of aromatic nitrogens is 2. The van der Waals surface area contributed by atoms with Crippen LogP contribution in [0.2, 0.25) is 0 Å². The third kappa shape index (κ3) is 4.39. The smallest absolute Gasteiger partial charge is 0.224 e. The van der Waals surface area contributed by atoms with Crippen molar-refractivity contribution in [1.29, 1.82) is 0 Å². The van der Waals surface area contributed by atoms with Crippen molar-refractivity contribution in [1.82, 2.24) is 15.5 Å². The molecule has 1 amide bonds. The number of nitrogens with one attached hydrogen (secondary N) is 2. The Kier molecular flexibility index (Phi) is 5.37. The Bertz CT molecular complexity index is 923. The minimum atomic E-state index is -0.291. The van der Waals surface area contributed by atoms with Gasteiger partial charge in [-0.25, -0.2) is 4.39 Å². The molecule has 144 valence electrons. The normalized spacial score (nSPS) is 16.8. The summed E-state index contributed by atoms with van der Waals surface area (Å²) >= 11 is 0. The summed E-state index contributed by atoms with van der Waals surface area (Å²) in [6.45, 7) is 1.65. The molecule has 28 heavy (non-hydrogen) atoms. The third-order valence-electron chi connectivity index (χ3n) is 5.04. The Hall–Kier alpha value is -3.15. The summed E-state index contributed by atoms with van der Waals surface area (Å²) in [7, 11) is 0. The first kappa shape index (κ1) is 18.2. The van der Waals surface area contributed by atoms with Crippen molar-refractivity contribution in [2.75, 3.05) is 18.0 Å². The summed E-state index contributed by atoms with van der Waals surface area (Å²) in [4.78, 5) is 14.6. The van der Waals surface area contributed by atoms with Gasteiger partial charge in [0.2, 0.25) is 5.91 Å². The molecule has 1 aromatic heterocycles. The number of carbonyl (C=O) groups excluding carboxylic acids is 1. The lowest BCUT2D eigenvalue weighted by Gasteiger charge is -2.33. The number of hydrogen-bond acceptors (Lipinski definition) is 3. The van der Waals surface area contributed by atoms with E-state index in [1.807, 2.05) is 30.3 Å². The minimum absolute atomic E-state index is 0.0366. The number of halogens is 1. The molecular weight excluding hydrogens is 355 g/mol. The van der Waals surface area contributed by atoms with E-state index in [2.05, 4.69) is 26.5 Å². The Morgan fingerprint density at radius 2 is 1.96 bits per heavy atom. The summed E-state index contributed by atoms with van der Waals surface area (Å²) in [5.41, 5.74) is 2.90. The second-order valence-electron chi connectivity index (χ2n) is 7.16. The van der Waals surface area contributed by atoms with E-state index in [9.17, 15) is 9.18 Å². The van der Waals surface area contributed by atoms with Crippen molar-refractivity contribution >= 4 is 11.7 Å². The van der Waals surface area contributed by atoms with E-state index >= 15 is 0 Å². The van der Waals surface area contributed by atoms with Crippen LogP contribution < -0.4 is 10.2 Å². The summed E-state index contributed by atoms with van der Waals surface area (Å²) in [5, 5.41) is 10.7. The highest BCUT2D eigenvalue weighted by Gasteiger charge is 2.23. The zero-order valence-corrected chi connectivity index (χ0v) is 15.6. The lowest BCUT2D eigenvalue weighted by atomic mass is 10.0. The number of amides is 1. The molecule has 4 rings (SSSR count). The highest BCUT2D eigenvalue weighted by atomic mass is 19.1. The molecule has 0 aliphatic carbocycles. The third-order valence-corrected chi connectivity index (χ3v) is 5.04. The lowest BCUT2D eigenvalue weighted by molar-refractivity contribution is -0.121. The number of benzene rings is 2. The van der Waals surface area contributed by atoms with Crippen LogP contribution in [0, 0.1) is 5.82 Å². The van der Waals surface area contributed by atoms with Crippen LogP contribution in [0.15, 0.2) is 60.7 Å². The number of carbonyl (C=O) groups is 1. The second kappa shape index (κ2) is 8.25. The summed E-state index contributed by atoms with van der Waals surface area (Å²) < 4.78 is 13.0. The number of H-pyrrole nitrogens is 1. The minimum Gasteiger partial charge on any atom is -0.353 e. The summed E-state index contributed by atoms with van der Waals surface area (Å²) in [6, 6.07) is 18.3. The molecule has 0 saturated carbocycles. The molecule has 1 atom stereocenters. The standard InChI is InChI=1S/C22H23FN4O/c23-18-10-8-16(9-11-18)13-22(28)24-19-7-4-12-27(15-19)21-14-20(25-26-21)17-5-2-1-3-6-17/h1-3,5-6,8-11,14,19H,4,7,12-13,15H2,(H,24,28)(H,25,26). The van der Waals surface area contributed by atoms with E-state index in [1.165, 1.54) is 12.1 Å². The molecule has 2 heterocycles. The molecule has 0 spiro atoms. The fourth-order valence-electron chi connectivity index (χ4n) is 3.61. The van der Waals surface area contributed by atoms with Crippen molar-refractivity contribution in [3.05, 3.63) is 72.0 Å². The summed E-state index contributed by atoms with van der Waals surface area (Å²) in [5.74, 6) is 0.572. The maximum atomic E-state index is 13.0. The van der Waals surface area contributed by atoms with E-state index in [-0.39, 0.29) is 24.2 Å². The van der Waals surface area contributed by atoms with Crippen molar-refractivity contribution in [2.45, 2.75) is 25.3 Å². The molecule has 0 bridgehead atoms. The molecule has 0 radical (unpaired) electrons. The first-order valence-corrected chi connectivity index (χ1v) is 9.57. The Morgan fingerprint density at radius 1 is 1.18 bits per heavy atom. The van der Waals surface area contributed by atoms with E-state index < -0.39 is 0 Å². The Balaban J connectivity index is 1.36. The zero-order chi connectivity index (χ0) is 19.3. The van der Waals surface area contributed by atoms with Crippen LogP contribution in [0.1, 0.15) is 18.4 Å². The average molecular weight is 378 g/mol. The molecule has 2 N–H and O–H groups in total. The van der Waals surface area contributed by atoms with Gasteiger partial charge < -0.3 is 10.2 Å². The largest absolute Gasteiger partial charge is 0.353 e. The van der Waals surface area contributed by atoms with Crippen LogP contribution in [0.3, 0.4) is 0 Å². The molecule has 1 aliphatic rings. The van der Waals surface area contributed by atoms with Gasteiger partial charge >= 0.3 is 0 Å². The molecule has 6 heteroatoms. The van der Waals surface area contributed by atoms with Gasteiger partial charge in [-0.15, -0.1) is 0 Å². The number of rotatable bonds is 5. The molecule has 1 saturated heterocycles. The number of piperidine rings is 1. The van der Waals surface area contributed by atoms with Gasteiger partial charge in [0.25, 0.3) is 0 Å². The van der Waals surface area contributed by atoms with Gasteiger partial charge in [-0.05, 0) is 36.1 Å². The van der Waals surface area contributed by atoms with Crippen LogP contribution in [0.4, 0.5) is 10.2 Å². The fourth-order valence-corrected chi connectivity index (χ4v) is 3.61. The molecule has 1 fully saturated rings. The number of anilines is 1. The predicted octanol–water partition coefficient (Wildman–Crippen LogP) is 3.54. The Labute approximate surface area is 163 Å². The van der Waals surface area contributed by atoms with E-state index in [1.54, 1.807) is 12.1 Å². The van der Waals surface area contributed by atoms with Crippen LogP contribution in [0.5, 0.6) is 0 Å². The van der Waals surface area contributed by atoms with Gasteiger partial charge in [-0.1, -0.05) is 42.5 Å². The molecular formula is C22H23FN4O. The summed E-state index contributed by atoms with van der Waals surface area (Å²) in [6.07, 6.45) is 2.20. The van der Waals surface area contributed by atoms with Gasteiger partial charge in [0.15, 0.2) is 5.82 Å². The van der Waals surface area contributed by atoms with Crippen molar-refractivity contribution < 1.29 is 9.18 Å². The van der Waals surface area contributed by atoms with Crippen molar-refractivity contribution in [3.63, 3.8) is 0 Å². The average Bonchev–Trinajstić information content (AvgIpc) is 3.21. The number of aromatic amines is 1. The lowest BCUT2D eigenvalue weighted by Crippen LogP contribution is -2.48. The van der Waals surface area contributed by atoms with Crippen LogP contribution in [-0.2, 0) is 11.2 Å². The van der Waals surface area contributed by atoms with E-state index in [4.69, 9.17) is 0 Å². The topological polar surface area (TPSA) is 61.0 Å². The molecule has 1 unspecified atom stereocenters. The molecule has 3 aromatic rings. The quantitative estimate of drug-likeness (QED) is 0.714. The first-order chi connectivity index (χ1) is 13.7. The number of hydrogen-bond donors (Lipinski definition) is 2. The molecule has 1 aliphatic heterocycles. The monoisotopic (exact) mass is 378 g/mol. The maximum absolute atomic E-state index is 13.0. The number of nitrogens with zero attached hydrogens (tertiary/aromatic N) is 2. The SMILES string of the molecule is O=C(Cc1ccc(F)cc1)NC1CCCN(c2cc(-c3ccccc3)[nH]n2)C1. The van der Waals surface area contributed by atoms with Gasteiger partial charge in [0.1, 0.15) is 5.82 Å². The van der Waals surface area contributed by atoms with Crippen LogP contribution >= 0.6 is 0 Å². The van der Waals surface area contributed by atoms with Gasteiger partial charge in [-0.2, -0.15) is 5.10 Å². The highest BCUT2D eigenvalue weighted by Crippen LogP contribution is 2.24. The van der Waals surface area contributed by atoms with E-state index in [0.717, 1.165) is 48.6 Å². The highest BCUT2D eigenvalue weighted by molar-refractivity contribution is 5.79. The zero-order valence-electron chi connectivity index (χ0n) is 15.6. The molecule has 2 aromatic carbocycles. The van der Waals surface area contributed by atoms with Crippen LogP contribution in [0.25, 0.3) is 11.3 Å². The van der Waals surface area contributed by atoms with E-state index in [0.29, 0.717) is 0 Å². The van der Waals surface area contributed by atoms with Crippen molar-refractivity contribution in [3.8, 4) is 11.3 Å².